The van der Waals surface area contributed by atoms with Crippen LogP contribution in [0.3, 0.4) is 0 Å². The molecule has 0 aromatic heterocycles. The lowest BCUT2D eigenvalue weighted by Crippen LogP contribution is -2.40. The van der Waals surface area contributed by atoms with E-state index in [0.717, 1.165) is 18.9 Å². The minimum Gasteiger partial charge on any atom is -0.302 e. The summed E-state index contributed by atoms with van der Waals surface area (Å²) in [5.41, 5.74) is 0. The number of hydrogen-bond donors (Lipinski definition) is 1. The lowest BCUT2D eigenvalue weighted by Gasteiger charge is -2.29. The second-order valence-corrected chi connectivity index (χ2v) is 3.58. The Labute approximate surface area is 74.1 Å². The summed E-state index contributed by atoms with van der Waals surface area (Å²) in [5.74, 6) is 0.882. The van der Waals surface area contributed by atoms with Crippen molar-refractivity contribution in [1.29, 1.82) is 0 Å². The Hall–Kier alpha value is -0.410. The molecule has 0 unspecified atom stereocenters. The van der Waals surface area contributed by atoms with Gasteiger partial charge in [-0.15, -0.1) is 0 Å². The zero-order valence-corrected chi connectivity index (χ0v) is 7.75. The summed E-state index contributed by atoms with van der Waals surface area (Å²) in [6.45, 7) is 5.99. The molecule has 0 bridgehead atoms. The van der Waals surface area contributed by atoms with Crippen molar-refractivity contribution in [3.63, 3.8) is 0 Å². The number of hydrogen-bond acceptors (Lipinski definition) is 3. The smallest absolute Gasteiger partial charge is 0.133 e. The van der Waals surface area contributed by atoms with Gasteiger partial charge in [0.15, 0.2) is 0 Å². The van der Waals surface area contributed by atoms with Gasteiger partial charge in [0.1, 0.15) is 6.29 Å². The second kappa shape index (κ2) is 5.27. The van der Waals surface area contributed by atoms with Gasteiger partial charge in [0.2, 0.25) is 0 Å². The highest BCUT2D eigenvalue weighted by Gasteiger charge is 2.14. The first-order valence-electron chi connectivity index (χ1n) is 4.69. The van der Waals surface area contributed by atoms with Gasteiger partial charge in [0, 0.05) is 6.67 Å². The number of rotatable bonds is 4. The normalized spacial score (nSPS) is 21.1. The maximum atomic E-state index is 10.0. The summed E-state index contributed by atoms with van der Waals surface area (Å²) in [6, 6.07) is 0. The van der Waals surface area contributed by atoms with Gasteiger partial charge >= 0.3 is 0 Å². The first-order valence-corrected chi connectivity index (χ1v) is 4.69. The van der Waals surface area contributed by atoms with Crippen molar-refractivity contribution in [3.8, 4) is 0 Å². The molecule has 0 radical (unpaired) electrons. The van der Waals surface area contributed by atoms with Crippen molar-refractivity contribution in [2.45, 2.75) is 19.8 Å². The first-order chi connectivity index (χ1) is 5.83. The molecule has 3 nitrogen and oxygen atoms in total. The van der Waals surface area contributed by atoms with Crippen molar-refractivity contribution >= 4 is 6.29 Å². The van der Waals surface area contributed by atoms with Gasteiger partial charge in [-0.2, -0.15) is 0 Å². The molecule has 12 heavy (non-hydrogen) atoms. The molecule has 1 aliphatic heterocycles. The van der Waals surface area contributed by atoms with Gasteiger partial charge in [-0.05, 0) is 31.8 Å². The average molecular weight is 170 g/mol. The van der Waals surface area contributed by atoms with E-state index < -0.39 is 0 Å². The van der Waals surface area contributed by atoms with Crippen LogP contribution in [0, 0.1) is 5.92 Å². The van der Waals surface area contributed by atoms with E-state index in [-0.39, 0.29) is 0 Å². The Balaban J connectivity index is 2.05. The zero-order chi connectivity index (χ0) is 8.81. The SMILES string of the molecule is CC1CCN(CNCC=O)CC1. The third kappa shape index (κ3) is 3.32. The van der Waals surface area contributed by atoms with Gasteiger partial charge in [0.05, 0.1) is 6.54 Å². The lowest BCUT2D eigenvalue weighted by molar-refractivity contribution is -0.107. The molecular weight excluding hydrogens is 152 g/mol. The molecule has 0 spiro atoms. The molecule has 0 amide bonds. The maximum absolute atomic E-state index is 10.0. The number of nitrogens with zero attached hydrogens (tertiary/aromatic N) is 1. The molecule has 70 valence electrons. The lowest BCUT2D eigenvalue weighted by atomic mass is 10.00. The largest absolute Gasteiger partial charge is 0.302 e. The molecule has 1 rings (SSSR count). The van der Waals surface area contributed by atoms with E-state index in [1.807, 2.05) is 0 Å². The molecule has 3 heteroatoms. The summed E-state index contributed by atoms with van der Waals surface area (Å²) >= 11 is 0. The van der Waals surface area contributed by atoms with E-state index in [0.29, 0.717) is 6.54 Å². The van der Waals surface area contributed by atoms with Crippen LogP contribution in [0.4, 0.5) is 0 Å². The van der Waals surface area contributed by atoms with E-state index in [2.05, 4.69) is 17.1 Å². The Morgan fingerprint density at radius 3 is 2.75 bits per heavy atom. The van der Waals surface area contributed by atoms with Crippen LogP contribution in [-0.2, 0) is 4.79 Å². The summed E-state index contributed by atoms with van der Waals surface area (Å²) in [5, 5.41) is 3.08. The van der Waals surface area contributed by atoms with Crippen LogP contribution in [0.2, 0.25) is 0 Å². The second-order valence-electron chi connectivity index (χ2n) is 3.58. The van der Waals surface area contributed by atoms with Crippen molar-refractivity contribution < 1.29 is 4.79 Å². The molecule has 0 aromatic carbocycles. The van der Waals surface area contributed by atoms with Crippen LogP contribution < -0.4 is 5.32 Å². The van der Waals surface area contributed by atoms with Crippen molar-refractivity contribution in [2.24, 2.45) is 5.92 Å². The molecule has 1 aliphatic rings. The molecule has 1 N–H and O–H groups in total. The summed E-state index contributed by atoms with van der Waals surface area (Å²) in [7, 11) is 0. The fraction of sp³-hybridized carbons (Fsp3) is 0.889. The minimum atomic E-state index is 0.478. The molecule has 0 aliphatic carbocycles. The van der Waals surface area contributed by atoms with Gasteiger partial charge < -0.3 is 4.79 Å². The van der Waals surface area contributed by atoms with Gasteiger partial charge in [-0.3, -0.25) is 10.2 Å². The Morgan fingerprint density at radius 1 is 1.50 bits per heavy atom. The summed E-state index contributed by atoms with van der Waals surface area (Å²) in [4.78, 5) is 12.4. The van der Waals surface area contributed by atoms with Crippen molar-refractivity contribution in [3.05, 3.63) is 0 Å². The Kier molecular flexibility index (Phi) is 4.25. The van der Waals surface area contributed by atoms with Gasteiger partial charge in [-0.1, -0.05) is 6.92 Å². The predicted molar refractivity (Wildman–Crippen MR) is 48.9 cm³/mol. The minimum absolute atomic E-state index is 0.478. The van der Waals surface area contributed by atoms with Crippen LogP contribution in [0.25, 0.3) is 0 Å². The average Bonchev–Trinajstić information content (AvgIpc) is 2.09. The van der Waals surface area contributed by atoms with Crippen molar-refractivity contribution in [2.75, 3.05) is 26.3 Å². The van der Waals surface area contributed by atoms with Crippen LogP contribution in [0.5, 0.6) is 0 Å². The van der Waals surface area contributed by atoms with E-state index in [9.17, 15) is 4.79 Å². The molecule has 1 saturated heterocycles. The van der Waals surface area contributed by atoms with E-state index in [1.165, 1.54) is 25.9 Å². The fourth-order valence-electron chi connectivity index (χ4n) is 1.50. The van der Waals surface area contributed by atoms with E-state index in [4.69, 9.17) is 0 Å². The highest BCUT2D eigenvalue weighted by Crippen LogP contribution is 2.14. The first kappa shape index (κ1) is 9.68. The number of aldehydes is 1. The van der Waals surface area contributed by atoms with Gasteiger partial charge in [-0.25, -0.2) is 0 Å². The predicted octanol–water partition coefficient (Wildman–Crippen LogP) is 0.464. The fourth-order valence-corrected chi connectivity index (χ4v) is 1.50. The van der Waals surface area contributed by atoms with Crippen LogP contribution in [-0.4, -0.2) is 37.5 Å². The number of nitrogens with one attached hydrogen (secondary N) is 1. The van der Waals surface area contributed by atoms with Gasteiger partial charge in [0.25, 0.3) is 0 Å². The topological polar surface area (TPSA) is 32.3 Å². The van der Waals surface area contributed by atoms with E-state index >= 15 is 0 Å². The zero-order valence-electron chi connectivity index (χ0n) is 7.75. The quantitative estimate of drug-likeness (QED) is 0.491. The molecule has 0 aromatic rings. The number of piperidine rings is 1. The van der Waals surface area contributed by atoms with Crippen LogP contribution >= 0.6 is 0 Å². The Morgan fingerprint density at radius 2 is 2.17 bits per heavy atom. The number of carbonyl (C=O) groups excluding carboxylic acids is 1. The molecular formula is C9H18N2O. The van der Waals surface area contributed by atoms with E-state index in [1.54, 1.807) is 0 Å². The molecule has 1 heterocycles. The monoisotopic (exact) mass is 170 g/mol. The third-order valence-electron chi connectivity index (χ3n) is 2.44. The molecule has 0 saturated carbocycles. The molecule has 1 fully saturated rings. The van der Waals surface area contributed by atoms with Crippen LogP contribution in [0.15, 0.2) is 0 Å². The summed E-state index contributed by atoms with van der Waals surface area (Å²) in [6.07, 6.45) is 3.50. The Bertz CT molecular complexity index is 130. The number of likely N-dealkylation sites (tertiary alicyclic amines) is 1. The summed E-state index contributed by atoms with van der Waals surface area (Å²) < 4.78 is 0. The maximum Gasteiger partial charge on any atom is 0.133 e. The highest BCUT2D eigenvalue weighted by molar-refractivity contribution is 5.51. The highest BCUT2D eigenvalue weighted by atomic mass is 16.1. The standard InChI is InChI=1S/C9H18N2O/c1-9-2-5-11(6-3-9)8-10-4-7-12/h7,9-10H,2-6,8H2,1H3. The molecule has 0 atom stereocenters. The number of carbonyl (C=O) groups is 1. The van der Waals surface area contributed by atoms with Crippen LogP contribution in [0.1, 0.15) is 19.8 Å². The van der Waals surface area contributed by atoms with Crippen molar-refractivity contribution in [1.82, 2.24) is 10.2 Å². The third-order valence-corrected chi connectivity index (χ3v) is 2.44.